The number of hydrogen-bond acceptors (Lipinski definition) is 4. The molecule has 0 bridgehead atoms. The van der Waals surface area contributed by atoms with Gasteiger partial charge in [-0.3, -0.25) is 4.79 Å². The van der Waals surface area contributed by atoms with Gasteiger partial charge in [0.25, 0.3) is 0 Å². The van der Waals surface area contributed by atoms with Crippen LogP contribution in [0.4, 0.5) is 27.6 Å². The third kappa shape index (κ3) is 5.32. The summed E-state index contributed by atoms with van der Waals surface area (Å²) in [6, 6.07) is 11.7. The Kier molecular flexibility index (Phi) is 6.35. The number of anilines is 1. The molecule has 0 aliphatic heterocycles. The molecule has 3 aromatic rings. The predicted octanol–water partition coefficient (Wildman–Crippen LogP) is 5.56. The number of carbonyl (C=O) groups is 1. The van der Waals surface area contributed by atoms with Gasteiger partial charge in [-0.1, -0.05) is 42.1 Å². The van der Waals surface area contributed by atoms with Crippen molar-refractivity contribution in [1.29, 1.82) is 0 Å². The molecule has 3 rings (SSSR count). The first-order valence-corrected chi connectivity index (χ1v) is 9.46. The van der Waals surface area contributed by atoms with Gasteiger partial charge >= 0.3 is 6.18 Å². The quantitative estimate of drug-likeness (QED) is 0.321. The van der Waals surface area contributed by atoms with Crippen LogP contribution in [-0.2, 0) is 11.0 Å². The molecule has 0 aliphatic rings. The normalized spacial score (nSPS) is 12.5. The molecule has 1 N–H and O–H groups in total. The van der Waals surface area contributed by atoms with Crippen molar-refractivity contribution in [1.82, 2.24) is 9.97 Å². The Morgan fingerprint density at radius 1 is 1.03 bits per heavy atom. The van der Waals surface area contributed by atoms with Crippen LogP contribution in [0.15, 0.2) is 59.8 Å². The minimum atomic E-state index is -4.70. The zero-order valence-electron chi connectivity index (χ0n) is 15.4. The molecular formula is C20H14F5N3OS. The molecule has 30 heavy (non-hydrogen) atoms. The van der Waals surface area contributed by atoms with Gasteiger partial charge in [-0.2, -0.15) is 13.2 Å². The third-order valence-electron chi connectivity index (χ3n) is 3.91. The molecule has 2 aromatic carbocycles. The van der Waals surface area contributed by atoms with E-state index in [9.17, 15) is 26.7 Å². The summed E-state index contributed by atoms with van der Waals surface area (Å²) in [5.41, 5.74) is -0.879. The minimum absolute atomic E-state index is 0.0533. The first kappa shape index (κ1) is 21.7. The van der Waals surface area contributed by atoms with Crippen LogP contribution in [0, 0.1) is 11.6 Å². The summed E-state index contributed by atoms with van der Waals surface area (Å²) in [5.74, 6) is -2.48. The van der Waals surface area contributed by atoms with Crippen LogP contribution < -0.4 is 5.32 Å². The number of halogens is 5. The fourth-order valence-electron chi connectivity index (χ4n) is 2.42. The summed E-state index contributed by atoms with van der Waals surface area (Å²) < 4.78 is 66.5. The Hall–Kier alpha value is -3.01. The van der Waals surface area contributed by atoms with E-state index in [1.165, 1.54) is 6.92 Å². The lowest BCUT2D eigenvalue weighted by molar-refractivity contribution is -0.141. The smallest absolute Gasteiger partial charge is 0.323 e. The lowest BCUT2D eigenvalue weighted by Crippen LogP contribution is -2.23. The topological polar surface area (TPSA) is 54.9 Å². The van der Waals surface area contributed by atoms with Crippen molar-refractivity contribution in [2.24, 2.45) is 0 Å². The van der Waals surface area contributed by atoms with E-state index in [0.29, 0.717) is 23.4 Å². The molecule has 0 aliphatic carbocycles. The van der Waals surface area contributed by atoms with Crippen LogP contribution in [0.5, 0.6) is 0 Å². The van der Waals surface area contributed by atoms with Crippen LogP contribution in [0.3, 0.4) is 0 Å². The first-order chi connectivity index (χ1) is 14.1. The second-order valence-electron chi connectivity index (χ2n) is 6.16. The number of thioether (sulfide) groups is 1. The molecule has 0 fully saturated rings. The number of nitrogens with one attached hydrogen (secondary N) is 1. The molecule has 0 saturated carbocycles. The largest absolute Gasteiger partial charge is 0.433 e. The van der Waals surface area contributed by atoms with Crippen molar-refractivity contribution in [2.45, 2.75) is 23.5 Å². The molecule has 0 spiro atoms. The molecule has 10 heteroatoms. The second-order valence-corrected chi connectivity index (χ2v) is 7.47. The van der Waals surface area contributed by atoms with Crippen molar-refractivity contribution in [3.8, 4) is 11.3 Å². The summed E-state index contributed by atoms with van der Waals surface area (Å²) in [7, 11) is 0. The lowest BCUT2D eigenvalue weighted by Gasteiger charge is -2.14. The van der Waals surface area contributed by atoms with Gasteiger partial charge in [0.1, 0.15) is 17.3 Å². The highest BCUT2D eigenvalue weighted by atomic mass is 32.2. The number of rotatable bonds is 5. The molecule has 0 saturated heterocycles. The van der Waals surface area contributed by atoms with E-state index in [4.69, 9.17) is 0 Å². The van der Waals surface area contributed by atoms with Gasteiger partial charge < -0.3 is 5.32 Å². The maximum absolute atomic E-state index is 13.7. The number of carbonyl (C=O) groups excluding carboxylic acids is 1. The summed E-state index contributed by atoms with van der Waals surface area (Å²) in [5, 5.41) is 1.05. The van der Waals surface area contributed by atoms with E-state index in [2.05, 4.69) is 15.3 Å². The van der Waals surface area contributed by atoms with Gasteiger partial charge in [0.2, 0.25) is 5.91 Å². The Balaban J connectivity index is 1.84. The van der Waals surface area contributed by atoms with Crippen molar-refractivity contribution < 1.29 is 26.7 Å². The van der Waals surface area contributed by atoms with Crippen LogP contribution >= 0.6 is 11.8 Å². The highest BCUT2D eigenvalue weighted by molar-refractivity contribution is 8.00. The van der Waals surface area contributed by atoms with Crippen molar-refractivity contribution in [3.05, 3.63) is 71.9 Å². The molecule has 1 amide bonds. The average Bonchev–Trinajstić information content (AvgIpc) is 2.69. The van der Waals surface area contributed by atoms with E-state index >= 15 is 0 Å². The Labute approximate surface area is 172 Å². The molecule has 4 nitrogen and oxygen atoms in total. The lowest BCUT2D eigenvalue weighted by atomic mass is 10.1. The van der Waals surface area contributed by atoms with E-state index in [0.717, 1.165) is 18.2 Å². The molecule has 1 atom stereocenters. The van der Waals surface area contributed by atoms with Crippen LogP contribution in [-0.4, -0.2) is 21.1 Å². The summed E-state index contributed by atoms with van der Waals surface area (Å²) in [6.45, 7) is 1.41. The van der Waals surface area contributed by atoms with Crippen LogP contribution in [0.1, 0.15) is 12.6 Å². The standard InChI is InChI=1S/C20H14F5N3OS/c1-11(18(29)26-15-8-7-13(21)9-14(15)22)30-19-27-16(12-5-3-2-4-6-12)10-17(28-19)20(23,24)25/h2-11H,1H3,(H,26,29)/t11-/m1/s1. The molecule has 1 heterocycles. The van der Waals surface area contributed by atoms with Gasteiger partial charge in [0.05, 0.1) is 16.6 Å². The zero-order chi connectivity index (χ0) is 21.9. The van der Waals surface area contributed by atoms with E-state index in [1.807, 2.05) is 0 Å². The second kappa shape index (κ2) is 8.78. The highest BCUT2D eigenvalue weighted by Crippen LogP contribution is 2.33. The van der Waals surface area contributed by atoms with Gasteiger partial charge in [-0.15, -0.1) is 0 Å². The van der Waals surface area contributed by atoms with Crippen molar-refractivity contribution in [3.63, 3.8) is 0 Å². The van der Waals surface area contributed by atoms with Crippen LogP contribution in [0.2, 0.25) is 0 Å². The number of aromatic nitrogens is 2. The van der Waals surface area contributed by atoms with E-state index in [1.54, 1.807) is 30.3 Å². The maximum Gasteiger partial charge on any atom is 0.433 e. The number of benzene rings is 2. The fraction of sp³-hybridized carbons (Fsp3) is 0.150. The van der Waals surface area contributed by atoms with Crippen molar-refractivity contribution >= 4 is 23.4 Å². The van der Waals surface area contributed by atoms with Crippen LogP contribution in [0.25, 0.3) is 11.3 Å². The maximum atomic E-state index is 13.7. The van der Waals surface area contributed by atoms with Gasteiger partial charge in [-0.05, 0) is 25.1 Å². The van der Waals surface area contributed by atoms with Gasteiger partial charge in [0, 0.05) is 11.6 Å². The Morgan fingerprint density at radius 2 is 1.73 bits per heavy atom. The van der Waals surface area contributed by atoms with E-state index in [-0.39, 0.29) is 16.5 Å². The highest BCUT2D eigenvalue weighted by Gasteiger charge is 2.34. The number of hydrogen-bond donors (Lipinski definition) is 1. The minimum Gasteiger partial charge on any atom is -0.323 e. The number of amides is 1. The average molecular weight is 439 g/mol. The SMILES string of the molecule is C[C@@H](Sc1nc(-c2ccccc2)cc(C(F)(F)F)n1)C(=O)Nc1ccc(F)cc1F. The van der Waals surface area contributed by atoms with Gasteiger partial charge in [0.15, 0.2) is 5.16 Å². The summed E-state index contributed by atoms with van der Waals surface area (Å²) in [6.07, 6.45) is -4.70. The molecule has 156 valence electrons. The molecule has 0 unspecified atom stereocenters. The van der Waals surface area contributed by atoms with Crippen molar-refractivity contribution in [2.75, 3.05) is 5.32 Å². The summed E-state index contributed by atoms with van der Waals surface area (Å²) >= 11 is 0.688. The predicted molar refractivity (Wildman–Crippen MR) is 103 cm³/mol. The number of nitrogens with zero attached hydrogens (tertiary/aromatic N) is 2. The third-order valence-corrected chi connectivity index (χ3v) is 4.87. The van der Waals surface area contributed by atoms with Gasteiger partial charge in [-0.25, -0.2) is 18.7 Å². The van der Waals surface area contributed by atoms with E-state index < -0.39 is 34.7 Å². The number of alkyl halides is 3. The first-order valence-electron chi connectivity index (χ1n) is 8.58. The Bertz CT molecular complexity index is 1060. The molecular weight excluding hydrogens is 425 g/mol. The summed E-state index contributed by atoms with van der Waals surface area (Å²) in [4.78, 5) is 20.0. The zero-order valence-corrected chi connectivity index (χ0v) is 16.2. The monoisotopic (exact) mass is 439 g/mol. The Morgan fingerprint density at radius 3 is 2.37 bits per heavy atom. The molecule has 0 radical (unpaired) electrons. The fourth-order valence-corrected chi connectivity index (χ4v) is 3.20. The molecule has 1 aromatic heterocycles.